The zero-order valence-corrected chi connectivity index (χ0v) is 11.5. The molecule has 0 saturated carbocycles. The van der Waals surface area contributed by atoms with Gasteiger partial charge in [0.15, 0.2) is 5.58 Å². The minimum atomic E-state index is -0.0227. The maximum absolute atomic E-state index is 5.84. The molecule has 2 aromatic carbocycles. The molecular weight excluding hydrogens is 264 g/mol. The Morgan fingerprint density at radius 1 is 0.952 bits per heavy atom. The first kappa shape index (κ1) is 12.0. The molecule has 0 bridgehead atoms. The van der Waals surface area contributed by atoms with Gasteiger partial charge in [-0.1, -0.05) is 30.3 Å². The van der Waals surface area contributed by atoms with Gasteiger partial charge >= 0.3 is 0 Å². The fraction of sp³-hybridized carbons (Fsp3) is 0.118. The van der Waals surface area contributed by atoms with Crippen LogP contribution < -0.4 is 5.32 Å². The standard InChI is InChI=1S/C17H14N2O2/c1-11(16-10-12-6-2-4-8-14(12)20-16)18-17-19-13-7-3-5-9-15(13)21-17/h2-11H,1H3,(H,18,19)/t11-/m0/s1. The van der Waals surface area contributed by atoms with Gasteiger partial charge < -0.3 is 14.2 Å². The van der Waals surface area contributed by atoms with Crippen LogP contribution in [0.1, 0.15) is 18.7 Å². The first-order chi connectivity index (χ1) is 10.3. The zero-order valence-electron chi connectivity index (χ0n) is 11.5. The second-order valence-electron chi connectivity index (χ2n) is 5.04. The van der Waals surface area contributed by atoms with Gasteiger partial charge in [0.1, 0.15) is 16.9 Å². The number of fused-ring (bicyclic) bond motifs is 2. The largest absolute Gasteiger partial charge is 0.459 e. The Bertz CT molecular complexity index is 841. The lowest BCUT2D eigenvalue weighted by molar-refractivity contribution is 0.514. The number of nitrogens with zero attached hydrogens (tertiary/aromatic N) is 1. The Morgan fingerprint density at radius 2 is 1.71 bits per heavy atom. The average molecular weight is 278 g/mol. The Morgan fingerprint density at radius 3 is 2.52 bits per heavy atom. The van der Waals surface area contributed by atoms with Crippen LogP contribution in [0.25, 0.3) is 22.1 Å². The molecule has 4 nitrogen and oxygen atoms in total. The number of nitrogens with one attached hydrogen (secondary N) is 1. The molecule has 0 aliphatic rings. The van der Waals surface area contributed by atoms with Crippen LogP contribution in [-0.4, -0.2) is 4.98 Å². The molecular formula is C17H14N2O2. The van der Waals surface area contributed by atoms with Crippen LogP contribution in [0.3, 0.4) is 0 Å². The molecule has 0 radical (unpaired) electrons. The average Bonchev–Trinajstić information content (AvgIpc) is 3.10. The third-order valence-electron chi connectivity index (χ3n) is 3.51. The van der Waals surface area contributed by atoms with Gasteiger partial charge in [-0.15, -0.1) is 0 Å². The molecule has 0 spiro atoms. The molecule has 0 aliphatic carbocycles. The summed E-state index contributed by atoms with van der Waals surface area (Å²) >= 11 is 0. The number of aromatic nitrogens is 1. The molecule has 2 heterocycles. The SMILES string of the molecule is C[C@H](Nc1nc2ccccc2o1)c1cc2ccccc2o1. The van der Waals surface area contributed by atoms with Gasteiger partial charge in [0.05, 0.1) is 6.04 Å². The van der Waals surface area contributed by atoms with Crippen LogP contribution in [0.2, 0.25) is 0 Å². The second kappa shape index (κ2) is 4.66. The van der Waals surface area contributed by atoms with Crippen LogP contribution in [0, 0.1) is 0 Å². The normalized spacial score (nSPS) is 12.8. The van der Waals surface area contributed by atoms with E-state index in [1.165, 1.54) is 0 Å². The number of hydrogen-bond acceptors (Lipinski definition) is 4. The van der Waals surface area contributed by atoms with Crippen molar-refractivity contribution in [3.63, 3.8) is 0 Å². The summed E-state index contributed by atoms with van der Waals surface area (Å²) in [4.78, 5) is 4.41. The van der Waals surface area contributed by atoms with E-state index in [2.05, 4.69) is 10.3 Å². The van der Waals surface area contributed by atoms with Gasteiger partial charge in [0.2, 0.25) is 0 Å². The molecule has 104 valence electrons. The molecule has 0 unspecified atom stereocenters. The highest BCUT2D eigenvalue weighted by atomic mass is 16.4. The molecule has 0 amide bonds. The van der Waals surface area contributed by atoms with E-state index in [9.17, 15) is 0 Å². The number of para-hydroxylation sites is 3. The fourth-order valence-electron chi connectivity index (χ4n) is 2.41. The highest BCUT2D eigenvalue weighted by Crippen LogP contribution is 2.27. The summed E-state index contributed by atoms with van der Waals surface area (Å²) in [6, 6.07) is 18.2. The minimum absolute atomic E-state index is 0.0227. The zero-order chi connectivity index (χ0) is 14.2. The first-order valence-corrected chi connectivity index (χ1v) is 6.90. The van der Waals surface area contributed by atoms with Crippen molar-refractivity contribution in [2.24, 2.45) is 0 Å². The van der Waals surface area contributed by atoms with E-state index in [1.54, 1.807) is 0 Å². The van der Waals surface area contributed by atoms with Crippen LogP contribution in [0.4, 0.5) is 6.01 Å². The van der Waals surface area contributed by atoms with Crippen molar-refractivity contribution in [3.8, 4) is 0 Å². The van der Waals surface area contributed by atoms with Crippen molar-refractivity contribution in [2.75, 3.05) is 5.32 Å². The van der Waals surface area contributed by atoms with Crippen LogP contribution in [0.5, 0.6) is 0 Å². The molecule has 21 heavy (non-hydrogen) atoms. The van der Waals surface area contributed by atoms with E-state index >= 15 is 0 Å². The molecule has 4 aromatic rings. The third kappa shape index (κ3) is 2.14. The number of furan rings is 1. The van der Waals surface area contributed by atoms with Gasteiger partial charge in [0.25, 0.3) is 6.01 Å². The number of rotatable bonds is 3. The molecule has 1 atom stereocenters. The van der Waals surface area contributed by atoms with E-state index < -0.39 is 0 Å². The van der Waals surface area contributed by atoms with Crippen molar-refractivity contribution in [3.05, 3.63) is 60.4 Å². The maximum Gasteiger partial charge on any atom is 0.296 e. The van der Waals surface area contributed by atoms with Gasteiger partial charge in [-0.25, -0.2) is 0 Å². The van der Waals surface area contributed by atoms with E-state index in [-0.39, 0.29) is 6.04 Å². The number of benzene rings is 2. The summed E-state index contributed by atoms with van der Waals surface area (Å²) in [7, 11) is 0. The van der Waals surface area contributed by atoms with Crippen molar-refractivity contribution in [1.82, 2.24) is 4.98 Å². The molecule has 4 rings (SSSR count). The van der Waals surface area contributed by atoms with E-state index in [0.717, 1.165) is 27.8 Å². The molecule has 2 aromatic heterocycles. The number of anilines is 1. The molecule has 1 N–H and O–H groups in total. The summed E-state index contributed by atoms with van der Waals surface area (Å²) in [5, 5.41) is 4.33. The highest BCUT2D eigenvalue weighted by Gasteiger charge is 2.14. The van der Waals surface area contributed by atoms with Gasteiger partial charge in [0, 0.05) is 5.39 Å². The first-order valence-electron chi connectivity index (χ1n) is 6.90. The van der Waals surface area contributed by atoms with Crippen molar-refractivity contribution in [1.29, 1.82) is 0 Å². The summed E-state index contributed by atoms with van der Waals surface area (Å²) in [6.45, 7) is 2.02. The lowest BCUT2D eigenvalue weighted by atomic mass is 10.2. The van der Waals surface area contributed by atoms with E-state index in [0.29, 0.717) is 6.01 Å². The van der Waals surface area contributed by atoms with Crippen LogP contribution in [0.15, 0.2) is 63.4 Å². The van der Waals surface area contributed by atoms with Crippen molar-refractivity contribution in [2.45, 2.75) is 13.0 Å². The predicted molar refractivity (Wildman–Crippen MR) is 82.3 cm³/mol. The van der Waals surface area contributed by atoms with Crippen molar-refractivity contribution >= 4 is 28.1 Å². The molecule has 0 aliphatic heterocycles. The summed E-state index contributed by atoms with van der Waals surface area (Å²) in [6.07, 6.45) is 0. The Labute approximate surface area is 121 Å². The Kier molecular flexibility index (Phi) is 2.67. The monoisotopic (exact) mass is 278 g/mol. The van der Waals surface area contributed by atoms with Crippen LogP contribution in [-0.2, 0) is 0 Å². The third-order valence-corrected chi connectivity index (χ3v) is 3.51. The highest BCUT2D eigenvalue weighted by molar-refractivity contribution is 5.78. The maximum atomic E-state index is 5.84. The molecule has 0 fully saturated rings. The topological polar surface area (TPSA) is 51.2 Å². The smallest absolute Gasteiger partial charge is 0.296 e. The van der Waals surface area contributed by atoms with E-state index in [4.69, 9.17) is 8.83 Å². The van der Waals surface area contributed by atoms with Gasteiger partial charge in [-0.3, -0.25) is 0 Å². The van der Waals surface area contributed by atoms with E-state index in [1.807, 2.05) is 61.5 Å². The quantitative estimate of drug-likeness (QED) is 0.587. The van der Waals surface area contributed by atoms with Crippen molar-refractivity contribution < 1.29 is 8.83 Å². The van der Waals surface area contributed by atoms with Gasteiger partial charge in [-0.2, -0.15) is 4.98 Å². The summed E-state index contributed by atoms with van der Waals surface area (Å²) in [5.41, 5.74) is 2.51. The summed E-state index contributed by atoms with van der Waals surface area (Å²) < 4.78 is 11.5. The number of oxazole rings is 1. The number of hydrogen-bond donors (Lipinski definition) is 1. The molecule has 0 saturated heterocycles. The lowest BCUT2D eigenvalue weighted by Gasteiger charge is -2.08. The predicted octanol–water partition coefficient (Wildman–Crippen LogP) is 4.75. The minimum Gasteiger partial charge on any atom is -0.459 e. The Hall–Kier alpha value is -2.75. The van der Waals surface area contributed by atoms with Gasteiger partial charge in [-0.05, 0) is 31.2 Å². The lowest BCUT2D eigenvalue weighted by Crippen LogP contribution is -2.05. The summed E-state index contributed by atoms with van der Waals surface area (Å²) in [5.74, 6) is 0.860. The Balaban J connectivity index is 1.63. The fourth-order valence-corrected chi connectivity index (χ4v) is 2.41. The molecule has 4 heteroatoms. The van der Waals surface area contributed by atoms with Crippen LogP contribution >= 0.6 is 0 Å². The second-order valence-corrected chi connectivity index (χ2v) is 5.04.